The number of aliphatic carboxylic acids is 1. The van der Waals surface area contributed by atoms with E-state index in [2.05, 4.69) is 19.9 Å². The summed E-state index contributed by atoms with van der Waals surface area (Å²) in [4.78, 5) is 45.7. The number of sulfonamides is 1. The Kier molecular flexibility index (Phi) is 7.62. The highest BCUT2D eigenvalue weighted by atomic mass is 32.2. The number of amides is 2. The van der Waals surface area contributed by atoms with Crippen LogP contribution in [0.4, 0.5) is 4.79 Å². The van der Waals surface area contributed by atoms with Crippen molar-refractivity contribution < 1.29 is 32.6 Å². The van der Waals surface area contributed by atoms with Gasteiger partial charge < -0.3 is 19.6 Å². The minimum absolute atomic E-state index is 0.00717. The number of nitrogens with zero attached hydrogens (tertiary/aromatic N) is 4. The van der Waals surface area contributed by atoms with Crippen molar-refractivity contribution in [1.29, 1.82) is 5.41 Å². The molecule has 5 rings (SSSR count). The number of ether oxygens (including phenoxy) is 1. The van der Waals surface area contributed by atoms with Crippen molar-refractivity contribution in [1.82, 2.24) is 24.4 Å². The summed E-state index contributed by atoms with van der Waals surface area (Å²) in [5, 5.41) is 21.0. The number of carbonyl (C=O) groups is 3. The molecule has 2 aromatic heterocycles. The van der Waals surface area contributed by atoms with Crippen LogP contribution in [0.2, 0.25) is 0 Å². The molecule has 4 heterocycles. The highest BCUT2D eigenvalue weighted by molar-refractivity contribution is 7.91. The monoisotopic (exact) mass is 606 g/mol. The second kappa shape index (κ2) is 10.9. The summed E-state index contributed by atoms with van der Waals surface area (Å²) in [6, 6.07) is 4.88. The van der Waals surface area contributed by atoms with Crippen molar-refractivity contribution in [2.45, 2.75) is 23.2 Å². The number of alkyl carbamates (subject to hydrolysis) is 1. The molecule has 0 spiro atoms. The van der Waals surface area contributed by atoms with E-state index in [1.165, 1.54) is 29.4 Å². The zero-order valence-corrected chi connectivity index (χ0v) is 24.0. The first-order valence-corrected chi connectivity index (χ1v) is 15.2. The fraction of sp³-hybridized carbons (Fsp3) is 0.375. The van der Waals surface area contributed by atoms with Gasteiger partial charge in [0.05, 0.1) is 12.8 Å². The zero-order valence-electron chi connectivity index (χ0n) is 21.5. The van der Waals surface area contributed by atoms with Gasteiger partial charge >= 0.3 is 12.1 Å². The smallest absolute Gasteiger partial charge is 0.412 e. The number of thiophene rings is 1. The molecule has 3 N–H and O–H groups in total. The molecule has 0 bridgehead atoms. The van der Waals surface area contributed by atoms with Crippen LogP contribution >= 0.6 is 22.7 Å². The summed E-state index contributed by atoms with van der Waals surface area (Å²) in [7, 11) is -0.923. The maximum Gasteiger partial charge on any atom is 0.412 e. The van der Waals surface area contributed by atoms with Crippen molar-refractivity contribution in [2.24, 2.45) is 0 Å². The molecular formula is C24H26N6O7S3. The quantitative estimate of drug-likeness (QED) is 0.288. The number of amidine groups is 1. The van der Waals surface area contributed by atoms with Crippen molar-refractivity contribution in [3.63, 3.8) is 0 Å². The number of carboxylic acids is 1. The van der Waals surface area contributed by atoms with Crippen LogP contribution < -0.4 is 5.32 Å². The molecule has 1 saturated heterocycles. The van der Waals surface area contributed by atoms with Gasteiger partial charge in [0.25, 0.3) is 15.9 Å². The molecule has 1 aromatic carbocycles. The third kappa shape index (κ3) is 5.32. The Morgan fingerprint density at radius 1 is 1.18 bits per heavy atom. The van der Waals surface area contributed by atoms with Gasteiger partial charge in [0, 0.05) is 54.3 Å². The number of likely N-dealkylation sites (N-methyl/N-ethyl adjacent to an activating group) is 1. The Hall–Kier alpha value is -3.44. The van der Waals surface area contributed by atoms with Gasteiger partial charge in [0.15, 0.2) is 5.01 Å². The lowest BCUT2D eigenvalue weighted by atomic mass is 10.1. The summed E-state index contributed by atoms with van der Waals surface area (Å²) in [6.45, 7) is 0.937. The van der Waals surface area contributed by atoms with E-state index in [-0.39, 0.29) is 28.1 Å². The molecular weight excluding hydrogens is 581 g/mol. The zero-order chi connectivity index (χ0) is 28.8. The highest BCUT2D eigenvalue weighted by Gasteiger charge is 2.41. The van der Waals surface area contributed by atoms with E-state index in [9.17, 15) is 27.9 Å². The summed E-state index contributed by atoms with van der Waals surface area (Å²) in [5.41, 5.74) is 1.21. The number of hydrogen-bond donors (Lipinski definition) is 3. The van der Waals surface area contributed by atoms with E-state index in [1.54, 1.807) is 18.2 Å². The Balaban J connectivity index is 1.35. The Labute approximate surface area is 237 Å². The number of thiazole rings is 1. The maximum absolute atomic E-state index is 13.5. The molecule has 212 valence electrons. The van der Waals surface area contributed by atoms with Crippen molar-refractivity contribution in [3.8, 4) is 0 Å². The first-order chi connectivity index (χ1) is 19.0. The first-order valence-electron chi connectivity index (χ1n) is 12.2. The van der Waals surface area contributed by atoms with Gasteiger partial charge in [0.1, 0.15) is 16.1 Å². The van der Waals surface area contributed by atoms with E-state index in [0.717, 1.165) is 32.8 Å². The Bertz CT molecular complexity index is 1630. The van der Waals surface area contributed by atoms with Crippen LogP contribution in [0.1, 0.15) is 25.9 Å². The van der Waals surface area contributed by atoms with Crippen LogP contribution in [0, 0.1) is 5.41 Å². The number of nitrogens with one attached hydrogen (secondary N) is 2. The average Bonchev–Trinajstić information content (AvgIpc) is 3.56. The van der Waals surface area contributed by atoms with Crippen molar-refractivity contribution in [2.75, 3.05) is 40.3 Å². The number of hydrogen-bond acceptors (Lipinski definition) is 11. The predicted molar refractivity (Wildman–Crippen MR) is 148 cm³/mol. The van der Waals surface area contributed by atoms with Gasteiger partial charge in [-0.25, -0.2) is 23.0 Å². The van der Waals surface area contributed by atoms with Crippen LogP contribution in [-0.2, 0) is 32.5 Å². The molecule has 2 amide bonds. The number of carboxylic acid groups (broad SMARTS) is 1. The molecule has 1 unspecified atom stereocenters. The molecule has 1 fully saturated rings. The lowest BCUT2D eigenvalue weighted by molar-refractivity contribution is -0.143. The van der Waals surface area contributed by atoms with E-state index in [0.29, 0.717) is 28.6 Å². The summed E-state index contributed by atoms with van der Waals surface area (Å²) >= 11 is 2.27. The SMILES string of the molecule is COC(=O)NC(=N)c1ccc2sc(S(=O)(=O)N3CCN(C(=O)c4nc5c(s4)CN(C)CC5)C(C(=O)O)C3)cc2c1. The number of piperazine rings is 1. The fourth-order valence-corrected chi connectivity index (χ4v) is 8.74. The lowest BCUT2D eigenvalue weighted by Gasteiger charge is -2.37. The van der Waals surface area contributed by atoms with Gasteiger partial charge in [-0.15, -0.1) is 22.7 Å². The third-order valence-corrected chi connectivity index (χ3v) is 11.3. The van der Waals surface area contributed by atoms with E-state index in [1.807, 2.05) is 7.05 Å². The third-order valence-electron chi connectivity index (χ3n) is 6.78. The standard InChI is InChI=1S/C24H26N6O7S3/c1-28-6-5-15-18(12-28)39-21(26-15)22(31)30-8-7-29(11-16(30)23(32)33)40(35,36)19-10-14-9-13(3-4-17(14)38-19)20(25)27-24(34)37-2/h3-4,9-10,16H,5-8,11-12H2,1-2H3,(H,32,33)(H2,25,27,34). The fourth-order valence-electron chi connectivity index (χ4n) is 4.62. The summed E-state index contributed by atoms with van der Waals surface area (Å²) in [5.74, 6) is -2.02. The van der Waals surface area contributed by atoms with Crippen LogP contribution in [-0.4, -0.2) is 103 Å². The normalized spacial score (nSPS) is 18.4. The van der Waals surface area contributed by atoms with E-state index >= 15 is 0 Å². The van der Waals surface area contributed by atoms with Crippen LogP contribution in [0.25, 0.3) is 10.1 Å². The predicted octanol–water partition coefficient (Wildman–Crippen LogP) is 1.63. The molecule has 40 heavy (non-hydrogen) atoms. The largest absolute Gasteiger partial charge is 0.480 e. The van der Waals surface area contributed by atoms with Gasteiger partial charge in [-0.05, 0) is 36.7 Å². The van der Waals surface area contributed by atoms with Gasteiger partial charge in [-0.2, -0.15) is 4.31 Å². The average molecular weight is 607 g/mol. The minimum atomic E-state index is -4.08. The molecule has 2 aliphatic heterocycles. The minimum Gasteiger partial charge on any atom is -0.480 e. The van der Waals surface area contributed by atoms with E-state index in [4.69, 9.17) is 5.41 Å². The number of methoxy groups -OCH3 is 1. The molecule has 0 aliphatic carbocycles. The Morgan fingerprint density at radius 3 is 2.67 bits per heavy atom. The molecule has 16 heteroatoms. The van der Waals surface area contributed by atoms with Crippen LogP contribution in [0.5, 0.6) is 0 Å². The van der Waals surface area contributed by atoms with Gasteiger partial charge in [-0.1, -0.05) is 0 Å². The maximum atomic E-state index is 13.5. The molecule has 13 nitrogen and oxygen atoms in total. The van der Waals surface area contributed by atoms with Gasteiger partial charge in [0.2, 0.25) is 0 Å². The van der Waals surface area contributed by atoms with Gasteiger partial charge in [-0.3, -0.25) is 15.5 Å². The highest BCUT2D eigenvalue weighted by Crippen LogP contribution is 2.33. The number of fused-ring (bicyclic) bond motifs is 2. The lowest BCUT2D eigenvalue weighted by Crippen LogP contribution is -2.59. The number of rotatable bonds is 5. The molecule has 2 aliphatic rings. The topological polar surface area (TPSA) is 173 Å². The van der Waals surface area contributed by atoms with Crippen molar-refractivity contribution >= 4 is 66.6 Å². The Morgan fingerprint density at radius 2 is 1.95 bits per heavy atom. The second-order valence-corrected chi connectivity index (χ2v) is 13.7. The summed E-state index contributed by atoms with van der Waals surface area (Å²) < 4.78 is 33.3. The van der Waals surface area contributed by atoms with E-state index < -0.39 is 40.6 Å². The molecule has 3 aromatic rings. The molecule has 1 atom stereocenters. The summed E-state index contributed by atoms with van der Waals surface area (Å²) in [6.07, 6.45) is -0.0878. The first kappa shape index (κ1) is 28.1. The second-order valence-electron chi connectivity index (χ2n) is 9.40. The van der Waals surface area contributed by atoms with Crippen LogP contribution in [0.15, 0.2) is 28.5 Å². The number of benzene rings is 1. The molecule has 0 saturated carbocycles. The number of aromatic nitrogens is 1. The van der Waals surface area contributed by atoms with Crippen LogP contribution in [0.3, 0.4) is 0 Å². The van der Waals surface area contributed by atoms with Crippen molar-refractivity contribution in [3.05, 3.63) is 45.4 Å². The molecule has 0 radical (unpaired) electrons. The number of carbonyl (C=O) groups excluding carboxylic acids is 2.